The number of rotatable bonds is 7. The zero-order chi connectivity index (χ0) is 27.0. The van der Waals surface area contributed by atoms with E-state index in [2.05, 4.69) is 19.4 Å². The van der Waals surface area contributed by atoms with Crippen molar-refractivity contribution in [2.75, 3.05) is 14.2 Å². The summed E-state index contributed by atoms with van der Waals surface area (Å²) in [6.45, 7) is 3.88. The maximum atomic E-state index is 14.3. The molecule has 0 radical (unpaired) electrons. The molecule has 0 fully saturated rings. The molecule has 2 aromatic carbocycles. The summed E-state index contributed by atoms with van der Waals surface area (Å²) < 4.78 is 55.7. The second-order valence-electron chi connectivity index (χ2n) is 8.62. The number of aromatic amines is 1. The second kappa shape index (κ2) is 10.3. The predicted octanol–water partition coefficient (Wildman–Crippen LogP) is 6.39. The molecule has 0 aliphatic heterocycles. The van der Waals surface area contributed by atoms with Gasteiger partial charge in [-0.2, -0.15) is 5.10 Å². The Hall–Kier alpha value is -4.09. The SMILES string of the molecule is COc1ccc(-c2cnc3[nH]cc(-c4c(C)nn(Cc5cc(F)ccc5F)c4C)c3c2)cc1N=[S-](=O)OC. The van der Waals surface area contributed by atoms with Gasteiger partial charge in [-0.3, -0.25) is 4.68 Å². The first-order chi connectivity index (χ1) is 18.3. The average molecular weight is 537 g/mol. The van der Waals surface area contributed by atoms with E-state index >= 15 is 0 Å². The van der Waals surface area contributed by atoms with Gasteiger partial charge in [-0.15, -0.1) is 0 Å². The normalized spacial score (nSPS) is 12.4. The third-order valence-electron chi connectivity index (χ3n) is 6.34. The van der Waals surface area contributed by atoms with E-state index in [4.69, 9.17) is 8.92 Å². The highest BCUT2D eigenvalue weighted by molar-refractivity contribution is 7.69. The molecule has 3 aromatic heterocycles. The van der Waals surface area contributed by atoms with Crippen LogP contribution in [0.1, 0.15) is 17.0 Å². The van der Waals surface area contributed by atoms with Gasteiger partial charge in [-0.25, -0.2) is 13.8 Å². The molecule has 5 rings (SSSR count). The number of nitrogens with zero attached hydrogens (tertiary/aromatic N) is 4. The molecule has 5 aromatic rings. The zero-order valence-corrected chi connectivity index (χ0v) is 21.9. The third kappa shape index (κ3) is 4.77. The standard InChI is InChI=1S/C27H24F2N5O3S/c1-15-26(16(2)34(32-15)14-19-9-20(28)6-7-23(19)29)22-13-31-27-21(22)10-18(12-30-27)17-5-8-25(36-3)24(11-17)33-38(35)37-4/h5-13H,14H2,1-4H3,(H,30,31)/q-1. The number of hydrogen-bond acceptors (Lipinski definition) is 7. The van der Waals surface area contributed by atoms with Crippen LogP contribution < -0.4 is 4.74 Å². The van der Waals surface area contributed by atoms with Crippen molar-refractivity contribution in [1.82, 2.24) is 19.7 Å². The zero-order valence-electron chi connectivity index (χ0n) is 21.1. The lowest BCUT2D eigenvalue weighted by Gasteiger charge is -2.11. The molecule has 0 spiro atoms. The molecule has 8 nitrogen and oxygen atoms in total. The molecule has 0 aliphatic carbocycles. The minimum Gasteiger partial charge on any atom is -0.495 e. The third-order valence-corrected chi connectivity index (χ3v) is 6.97. The van der Waals surface area contributed by atoms with Crippen LogP contribution in [0.4, 0.5) is 14.5 Å². The first-order valence-corrected chi connectivity index (χ1v) is 12.6. The molecule has 0 atom stereocenters. The molecule has 1 N–H and O–H groups in total. The summed E-state index contributed by atoms with van der Waals surface area (Å²) in [5, 5.41) is 5.47. The smallest absolute Gasteiger partial charge is 0.142 e. The number of pyridine rings is 1. The van der Waals surface area contributed by atoms with Crippen LogP contribution in [0, 0.1) is 25.5 Å². The van der Waals surface area contributed by atoms with Crippen molar-refractivity contribution in [2.24, 2.45) is 4.36 Å². The van der Waals surface area contributed by atoms with Gasteiger partial charge in [0.25, 0.3) is 0 Å². The van der Waals surface area contributed by atoms with Crippen LogP contribution >= 0.6 is 0 Å². The Kier molecular flexibility index (Phi) is 6.96. The Bertz CT molecular complexity index is 1760. The van der Waals surface area contributed by atoms with Crippen LogP contribution in [0.15, 0.2) is 59.2 Å². The van der Waals surface area contributed by atoms with Crippen molar-refractivity contribution in [3.8, 4) is 28.0 Å². The van der Waals surface area contributed by atoms with E-state index in [1.165, 1.54) is 20.3 Å². The summed E-state index contributed by atoms with van der Waals surface area (Å²) in [4.78, 5) is 7.79. The maximum absolute atomic E-state index is 14.3. The first-order valence-electron chi connectivity index (χ1n) is 11.6. The number of nitrogens with one attached hydrogen (secondary N) is 1. The summed E-state index contributed by atoms with van der Waals surface area (Å²) >= 11 is 0. The average Bonchev–Trinajstić information content (AvgIpc) is 3.44. The van der Waals surface area contributed by atoms with E-state index in [0.717, 1.165) is 51.2 Å². The summed E-state index contributed by atoms with van der Waals surface area (Å²) in [5.74, 6) is -0.522. The fourth-order valence-electron chi connectivity index (χ4n) is 4.49. The molecule has 38 heavy (non-hydrogen) atoms. The summed E-state index contributed by atoms with van der Waals surface area (Å²) in [6.07, 6.45) is 3.60. The molecular weight excluding hydrogens is 512 g/mol. The van der Waals surface area contributed by atoms with E-state index in [1.54, 1.807) is 23.0 Å². The highest BCUT2D eigenvalue weighted by Gasteiger charge is 2.19. The molecule has 0 unspecified atom stereocenters. The fourth-order valence-corrected chi connectivity index (χ4v) is 4.87. The van der Waals surface area contributed by atoms with Crippen LogP contribution in [-0.2, 0) is 25.8 Å². The molecule has 11 heteroatoms. The van der Waals surface area contributed by atoms with Crippen molar-refractivity contribution in [3.05, 3.63) is 83.4 Å². The van der Waals surface area contributed by atoms with Gasteiger partial charge in [0, 0.05) is 52.8 Å². The first kappa shape index (κ1) is 25.6. The van der Waals surface area contributed by atoms with E-state index in [-0.39, 0.29) is 12.1 Å². The monoisotopic (exact) mass is 536 g/mol. The number of fused-ring (bicyclic) bond motifs is 1. The highest BCUT2D eigenvalue weighted by atomic mass is 32.2. The Morgan fingerprint density at radius 2 is 1.89 bits per heavy atom. The van der Waals surface area contributed by atoms with Crippen molar-refractivity contribution in [2.45, 2.75) is 20.4 Å². The molecule has 0 amide bonds. The van der Waals surface area contributed by atoms with Gasteiger partial charge in [0.05, 0.1) is 25.0 Å². The van der Waals surface area contributed by atoms with Crippen LogP contribution in [0.3, 0.4) is 0 Å². The molecular formula is C27H24F2N5O3S-. The highest BCUT2D eigenvalue weighted by Crippen LogP contribution is 2.37. The van der Waals surface area contributed by atoms with E-state index in [9.17, 15) is 13.0 Å². The van der Waals surface area contributed by atoms with E-state index < -0.39 is 22.5 Å². The van der Waals surface area contributed by atoms with Crippen LogP contribution in [0.5, 0.6) is 5.75 Å². The molecule has 196 valence electrons. The van der Waals surface area contributed by atoms with Gasteiger partial charge in [0.15, 0.2) is 0 Å². The number of aryl methyl sites for hydroxylation is 1. The van der Waals surface area contributed by atoms with Crippen molar-refractivity contribution < 1.29 is 21.9 Å². The number of halogens is 2. The molecule has 0 bridgehead atoms. The molecule has 0 saturated heterocycles. The van der Waals surface area contributed by atoms with Gasteiger partial charge in [-0.05, 0) is 55.8 Å². The van der Waals surface area contributed by atoms with Gasteiger partial charge in [0.2, 0.25) is 0 Å². The number of hydrogen-bond donors (Lipinski definition) is 1. The summed E-state index contributed by atoms with van der Waals surface area (Å²) in [6, 6.07) is 10.8. The van der Waals surface area contributed by atoms with Gasteiger partial charge < -0.3 is 22.5 Å². The lowest BCUT2D eigenvalue weighted by atomic mass is 10.0. The van der Waals surface area contributed by atoms with E-state index in [0.29, 0.717) is 17.1 Å². The molecule has 0 aliphatic rings. The number of H-pyrrole nitrogens is 1. The van der Waals surface area contributed by atoms with Crippen LogP contribution in [0.25, 0.3) is 33.3 Å². The van der Waals surface area contributed by atoms with Crippen LogP contribution in [0.2, 0.25) is 0 Å². The quantitative estimate of drug-likeness (QED) is 0.243. The minimum atomic E-state index is -1.85. The molecule has 3 heterocycles. The van der Waals surface area contributed by atoms with Crippen molar-refractivity contribution in [3.63, 3.8) is 0 Å². The number of benzene rings is 2. The van der Waals surface area contributed by atoms with Gasteiger partial charge in [-0.1, -0.05) is 16.9 Å². The van der Waals surface area contributed by atoms with Gasteiger partial charge in [0.1, 0.15) is 23.0 Å². The minimum absolute atomic E-state index is 0.100. The van der Waals surface area contributed by atoms with Crippen LogP contribution in [-0.4, -0.2) is 34.0 Å². The lowest BCUT2D eigenvalue weighted by molar-refractivity contribution is 0.415. The maximum Gasteiger partial charge on any atom is 0.142 e. The summed E-state index contributed by atoms with van der Waals surface area (Å²) in [5.41, 5.74) is 6.23. The van der Waals surface area contributed by atoms with E-state index in [1.807, 2.05) is 32.2 Å². The molecule has 0 saturated carbocycles. The Balaban J connectivity index is 1.58. The Labute approximate surface area is 219 Å². The second-order valence-corrected chi connectivity index (χ2v) is 9.57. The largest absolute Gasteiger partial charge is 0.495 e. The predicted molar refractivity (Wildman–Crippen MR) is 141 cm³/mol. The number of aromatic nitrogens is 4. The van der Waals surface area contributed by atoms with Gasteiger partial charge >= 0.3 is 0 Å². The topological polar surface area (TPSA) is 94.4 Å². The van der Waals surface area contributed by atoms with Crippen molar-refractivity contribution >= 4 is 27.6 Å². The Morgan fingerprint density at radius 1 is 1.08 bits per heavy atom. The fraction of sp³-hybridized carbons (Fsp3) is 0.185. The van der Waals surface area contributed by atoms with Crippen molar-refractivity contribution in [1.29, 1.82) is 0 Å². The lowest BCUT2D eigenvalue weighted by Crippen LogP contribution is -2.06. The number of ether oxygens (including phenoxy) is 1. The summed E-state index contributed by atoms with van der Waals surface area (Å²) in [7, 11) is 0.969. The Morgan fingerprint density at radius 3 is 2.66 bits per heavy atom. The number of methoxy groups -OCH3 is 1.